The Bertz CT molecular complexity index is 546. The van der Waals surface area contributed by atoms with Gasteiger partial charge in [0.25, 0.3) is 5.91 Å². The fourth-order valence-electron chi connectivity index (χ4n) is 2.52. The zero-order valence-corrected chi connectivity index (χ0v) is 11.1. The molecule has 2 aromatic rings. The van der Waals surface area contributed by atoms with Crippen molar-refractivity contribution in [3.8, 4) is 0 Å². The monoisotopic (exact) mass is 261 g/mol. The minimum Gasteiger partial charge on any atom is -0.329 e. The lowest BCUT2D eigenvalue weighted by Crippen LogP contribution is -2.31. The molecule has 0 aliphatic carbocycles. The normalized spacial score (nSPS) is 19.4. The predicted molar refractivity (Wildman–Crippen MR) is 70.5 cm³/mol. The molecule has 0 radical (unpaired) electrons. The van der Waals surface area contributed by atoms with Crippen LogP contribution in [0, 0.1) is 0 Å². The van der Waals surface area contributed by atoms with Gasteiger partial charge in [-0.1, -0.05) is 6.07 Å². The molecule has 2 aromatic heterocycles. The number of nitrogens with zero attached hydrogens (tertiary/aromatic N) is 3. The highest BCUT2D eigenvalue weighted by Crippen LogP contribution is 2.35. The average molecular weight is 261 g/mol. The second-order valence-corrected chi connectivity index (χ2v) is 5.49. The summed E-state index contributed by atoms with van der Waals surface area (Å²) in [6, 6.07) is 6.19. The third kappa shape index (κ3) is 1.84. The van der Waals surface area contributed by atoms with Crippen LogP contribution in [0.25, 0.3) is 0 Å². The highest BCUT2D eigenvalue weighted by Gasteiger charge is 2.32. The van der Waals surface area contributed by atoms with E-state index in [0.717, 1.165) is 19.4 Å². The molecule has 18 heavy (non-hydrogen) atoms. The molecule has 1 amide bonds. The highest BCUT2D eigenvalue weighted by atomic mass is 32.1. The molecule has 0 N–H and O–H groups in total. The van der Waals surface area contributed by atoms with Crippen molar-refractivity contribution in [2.24, 2.45) is 7.05 Å². The molecule has 1 aliphatic rings. The predicted octanol–water partition coefficient (Wildman–Crippen LogP) is 2.46. The van der Waals surface area contributed by atoms with E-state index in [4.69, 9.17) is 0 Å². The van der Waals surface area contributed by atoms with Crippen LogP contribution >= 0.6 is 11.3 Å². The molecule has 5 heteroatoms. The highest BCUT2D eigenvalue weighted by molar-refractivity contribution is 7.10. The van der Waals surface area contributed by atoms with Crippen LogP contribution in [0.15, 0.2) is 29.8 Å². The summed E-state index contributed by atoms with van der Waals surface area (Å²) in [5.41, 5.74) is 0.665. The maximum absolute atomic E-state index is 12.5. The van der Waals surface area contributed by atoms with Crippen LogP contribution in [-0.4, -0.2) is 27.1 Å². The number of thiophene rings is 1. The lowest BCUT2D eigenvalue weighted by molar-refractivity contribution is 0.0726. The summed E-state index contributed by atoms with van der Waals surface area (Å²) < 4.78 is 1.64. The molecule has 1 unspecified atom stereocenters. The number of amides is 1. The van der Waals surface area contributed by atoms with Crippen molar-refractivity contribution in [2.45, 2.75) is 18.9 Å². The number of carbonyl (C=O) groups excluding carboxylic acids is 1. The van der Waals surface area contributed by atoms with Gasteiger partial charge in [-0.15, -0.1) is 11.3 Å². The minimum atomic E-state index is 0.0888. The van der Waals surface area contributed by atoms with E-state index in [0.29, 0.717) is 5.69 Å². The fourth-order valence-corrected chi connectivity index (χ4v) is 3.39. The summed E-state index contributed by atoms with van der Waals surface area (Å²) in [6.07, 6.45) is 3.81. The summed E-state index contributed by atoms with van der Waals surface area (Å²) in [6.45, 7) is 0.840. The van der Waals surface area contributed by atoms with Gasteiger partial charge >= 0.3 is 0 Å². The molecule has 1 aliphatic heterocycles. The van der Waals surface area contributed by atoms with Crippen molar-refractivity contribution >= 4 is 17.2 Å². The maximum atomic E-state index is 12.5. The van der Waals surface area contributed by atoms with Gasteiger partial charge in [-0.05, 0) is 30.4 Å². The van der Waals surface area contributed by atoms with Crippen LogP contribution in [0.2, 0.25) is 0 Å². The molecule has 0 saturated carbocycles. The number of hydrogen-bond acceptors (Lipinski definition) is 3. The molecule has 0 aromatic carbocycles. The lowest BCUT2D eigenvalue weighted by atomic mass is 10.2. The second kappa shape index (κ2) is 4.57. The van der Waals surface area contributed by atoms with E-state index in [1.807, 2.05) is 18.0 Å². The van der Waals surface area contributed by atoms with Gasteiger partial charge in [-0.3, -0.25) is 9.48 Å². The molecular weight excluding hydrogens is 246 g/mol. The van der Waals surface area contributed by atoms with Gasteiger partial charge in [-0.2, -0.15) is 5.10 Å². The Labute approximate surface area is 110 Å². The van der Waals surface area contributed by atoms with Gasteiger partial charge in [0.1, 0.15) is 5.69 Å². The summed E-state index contributed by atoms with van der Waals surface area (Å²) in [4.78, 5) is 15.8. The third-order valence-electron chi connectivity index (χ3n) is 3.43. The van der Waals surface area contributed by atoms with Crippen molar-refractivity contribution in [1.29, 1.82) is 0 Å². The second-order valence-electron chi connectivity index (χ2n) is 4.51. The first kappa shape index (κ1) is 11.5. The first-order valence-electron chi connectivity index (χ1n) is 6.10. The van der Waals surface area contributed by atoms with E-state index in [1.54, 1.807) is 28.3 Å². The Balaban J connectivity index is 1.88. The van der Waals surface area contributed by atoms with Gasteiger partial charge < -0.3 is 4.90 Å². The van der Waals surface area contributed by atoms with Crippen molar-refractivity contribution < 1.29 is 4.79 Å². The van der Waals surface area contributed by atoms with Crippen molar-refractivity contribution in [1.82, 2.24) is 14.7 Å². The Kier molecular flexibility index (Phi) is 2.91. The van der Waals surface area contributed by atoms with E-state index in [9.17, 15) is 4.79 Å². The summed E-state index contributed by atoms with van der Waals surface area (Å²) >= 11 is 1.73. The van der Waals surface area contributed by atoms with Gasteiger partial charge in [0, 0.05) is 24.7 Å². The van der Waals surface area contributed by atoms with E-state index in [1.165, 1.54) is 4.88 Å². The first-order chi connectivity index (χ1) is 8.77. The Morgan fingerprint density at radius 3 is 3.06 bits per heavy atom. The zero-order valence-electron chi connectivity index (χ0n) is 10.2. The van der Waals surface area contributed by atoms with Gasteiger partial charge in [0.05, 0.1) is 6.04 Å². The van der Waals surface area contributed by atoms with Crippen molar-refractivity contribution in [3.63, 3.8) is 0 Å². The molecule has 0 bridgehead atoms. The van der Waals surface area contributed by atoms with E-state index >= 15 is 0 Å². The number of hydrogen-bond donors (Lipinski definition) is 0. The first-order valence-corrected chi connectivity index (χ1v) is 6.97. The van der Waals surface area contributed by atoms with Crippen LogP contribution in [0.3, 0.4) is 0 Å². The number of aryl methyl sites for hydroxylation is 1. The third-order valence-corrected chi connectivity index (χ3v) is 4.40. The number of likely N-dealkylation sites (tertiary alicyclic amines) is 1. The summed E-state index contributed by atoms with van der Waals surface area (Å²) in [5.74, 6) is 0.0888. The summed E-state index contributed by atoms with van der Waals surface area (Å²) in [7, 11) is 1.81. The average Bonchev–Trinajstić information content (AvgIpc) is 3.09. The summed E-state index contributed by atoms with van der Waals surface area (Å²) in [5, 5.41) is 6.14. The Morgan fingerprint density at radius 2 is 2.39 bits per heavy atom. The molecule has 94 valence electrons. The van der Waals surface area contributed by atoms with Crippen molar-refractivity contribution in [2.75, 3.05) is 6.54 Å². The smallest absolute Gasteiger partial charge is 0.272 e. The van der Waals surface area contributed by atoms with Crippen molar-refractivity contribution in [3.05, 3.63) is 40.3 Å². The Hall–Kier alpha value is -1.62. The SMILES string of the molecule is Cn1nccc1C(=O)N1CCCC1c1cccs1. The Morgan fingerprint density at radius 1 is 1.50 bits per heavy atom. The molecule has 0 spiro atoms. The molecule has 1 fully saturated rings. The number of rotatable bonds is 2. The molecule has 1 atom stereocenters. The minimum absolute atomic E-state index is 0.0888. The number of carbonyl (C=O) groups is 1. The maximum Gasteiger partial charge on any atom is 0.272 e. The number of aromatic nitrogens is 2. The van der Waals surface area contributed by atoms with Gasteiger partial charge in [0.15, 0.2) is 0 Å². The van der Waals surface area contributed by atoms with Crippen LogP contribution in [0.5, 0.6) is 0 Å². The van der Waals surface area contributed by atoms with Crippen LogP contribution in [0.4, 0.5) is 0 Å². The van der Waals surface area contributed by atoms with Crippen LogP contribution in [0.1, 0.15) is 34.2 Å². The quantitative estimate of drug-likeness (QED) is 0.833. The fraction of sp³-hybridized carbons (Fsp3) is 0.385. The van der Waals surface area contributed by atoms with Gasteiger partial charge in [-0.25, -0.2) is 0 Å². The zero-order chi connectivity index (χ0) is 12.5. The topological polar surface area (TPSA) is 38.1 Å². The van der Waals surface area contributed by atoms with Crippen LogP contribution in [-0.2, 0) is 7.05 Å². The largest absolute Gasteiger partial charge is 0.329 e. The van der Waals surface area contributed by atoms with Crippen LogP contribution < -0.4 is 0 Å². The van der Waals surface area contributed by atoms with Gasteiger partial charge in [0.2, 0.25) is 0 Å². The van der Waals surface area contributed by atoms with E-state index < -0.39 is 0 Å². The molecule has 3 heterocycles. The molecule has 1 saturated heterocycles. The lowest BCUT2D eigenvalue weighted by Gasteiger charge is -2.23. The van der Waals surface area contributed by atoms with E-state index in [2.05, 4.69) is 16.5 Å². The molecular formula is C13H15N3OS. The standard InChI is InChI=1S/C13H15N3OS/c1-15-11(6-7-14-15)13(17)16-8-2-4-10(16)12-5-3-9-18-12/h3,5-7,9-10H,2,4,8H2,1H3. The molecule has 3 rings (SSSR count). The van der Waals surface area contributed by atoms with E-state index in [-0.39, 0.29) is 11.9 Å². The molecule has 4 nitrogen and oxygen atoms in total.